The first kappa shape index (κ1) is 26.0. The highest BCUT2D eigenvalue weighted by atomic mass is 32.1. The van der Waals surface area contributed by atoms with Crippen molar-refractivity contribution in [2.24, 2.45) is 0 Å². The van der Waals surface area contributed by atoms with Crippen molar-refractivity contribution in [1.29, 1.82) is 0 Å². The van der Waals surface area contributed by atoms with Crippen LogP contribution < -0.4 is 5.32 Å². The predicted octanol–water partition coefficient (Wildman–Crippen LogP) is 7.19. The topological polar surface area (TPSA) is 94.1 Å². The van der Waals surface area contributed by atoms with Crippen LogP contribution in [0.4, 0.5) is 5.13 Å². The summed E-state index contributed by atoms with van der Waals surface area (Å²) in [6.45, 7) is 1.58. The smallest absolute Gasteiger partial charge is 0.338 e. The van der Waals surface area contributed by atoms with Crippen LogP contribution in [0.25, 0.3) is 44.8 Å². The molecule has 0 saturated heterocycles. The Balaban J connectivity index is 1.18. The average Bonchev–Trinajstić information content (AvgIpc) is 3.48. The van der Waals surface area contributed by atoms with Crippen LogP contribution in [0.15, 0.2) is 109 Å². The van der Waals surface area contributed by atoms with Crippen LogP contribution in [0.3, 0.4) is 0 Å². The Morgan fingerprint density at radius 3 is 2.02 bits per heavy atom. The Morgan fingerprint density at radius 1 is 0.732 bits per heavy atom. The molecule has 0 spiro atoms. The molecule has 0 saturated carbocycles. The van der Waals surface area contributed by atoms with Crippen LogP contribution in [0.5, 0.6) is 0 Å². The Hall–Kier alpha value is -5.21. The van der Waals surface area contributed by atoms with Gasteiger partial charge in [0.2, 0.25) is 0 Å². The van der Waals surface area contributed by atoms with Gasteiger partial charge in [-0.25, -0.2) is 19.7 Å². The van der Waals surface area contributed by atoms with Crippen LogP contribution >= 0.6 is 11.3 Å². The molecule has 2 aromatic heterocycles. The Bertz CT molecular complexity index is 1850. The fourth-order valence-electron chi connectivity index (χ4n) is 4.33. The van der Waals surface area contributed by atoms with E-state index in [1.165, 1.54) is 11.3 Å². The standard InChI is InChI=1S/C33H24N4O3S/c1-21-12-14-22(15-13-21)28-20-41-33(36-28)37-29(38)19-40-32(39)25-16-17-26-27(18-25)35-31(24-10-6-3-7-11-24)30(34-26)23-8-4-2-5-9-23/h2-18,20H,19H2,1H3,(H,36,37,38). The summed E-state index contributed by atoms with van der Waals surface area (Å²) in [4.78, 5) is 39.6. The highest BCUT2D eigenvalue weighted by molar-refractivity contribution is 7.14. The van der Waals surface area contributed by atoms with Crippen LogP contribution in [-0.2, 0) is 9.53 Å². The monoisotopic (exact) mass is 556 g/mol. The van der Waals surface area contributed by atoms with Crippen LogP contribution in [0, 0.1) is 6.92 Å². The number of nitrogens with zero attached hydrogens (tertiary/aromatic N) is 3. The van der Waals surface area contributed by atoms with E-state index in [0.29, 0.717) is 21.9 Å². The summed E-state index contributed by atoms with van der Waals surface area (Å²) in [6, 6.07) is 32.7. The second-order valence-electron chi connectivity index (χ2n) is 9.38. The van der Waals surface area contributed by atoms with E-state index in [-0.39, 0.29) is 5.56 Å². The Morgan fingerprint density at radius 2 is 1.37 bits per heavy atom. The highest BCUT2D eigenvalue weighted by Gasteiger charge is 2.16. The third-order valence-electron chi connectivity index (χ3n) is 6.43. The lowest BCUT2D eigenvalue weighted by Crippen LogP contribution is -2.20. The van der Waals surface area contributed by atoms with Crippen LogP contribution in [-0.4, -0.2) is 33.4 Å². The van der Waals surface area contributed by atoms with E-state index in [4.69, 9.17) is 14.7 Å². The second kappa shape index (κ2) is 11.5. The summed E-state index contributed by atoms with van der Waals surface area (Å²) < 4.78 is 5.30. The lowest BCUT2D eigenvalue weighted by Gasteiger charge is -2.11. The molecule has 200 valence electrons. The molecule has 8 heteroatoms. The summed E-state index contributed by atoms with van der Waals surface area (Å²) in [7, 11) is 0. The molecule has 0 aliphatic rings. The van der Waals surface area contributed by atoms with Crippen molar-refractivity contribution in [3.05, 3.63) is 120 Å². The van der Waals surface area contributed by atoms with Gasteiger partial charge in [0.05, 0.1) is 33.7 Å². The number of fused-ring (bicyclic) bond motifs is 1. The van der Waals surface area contributed by atoms with Crippen molar-refractivity contribution in [3.8, 4) is 33.8 Å². The maximum absolute atomic E-state index is 12.8. The number of hydrogen-bond donors (Lipinski definition) is 1. The minimum atomic E-state index is -0.628. The molecule has 0 aliphatic carbocycles. The van der Waals surface area contributed by atoms with Gasteiger partial charge in [0, 0.05) is 22.1 Å². The van der Waals surface area contributed by atoms with Crippen molar-refractivity contribution in [3.63, 3.8) is 0 Å². The van der Waals surface area contributed by atoms with Crippen LogP contribution in [0.2, 0.25) is 0 Å². The van der Waals surface area contributed by atoms with Crippen LogP contribution in [0.1, 0.15) is 15.9 Å². The zero-order valence-electron chi connectivity index (χ0n) is 22.1. The number of nitrogens with one attached hydrogen (secondary N) is 1. The molecule has 6 rings (SSSR count). The van der Waals surface area contributed by atoms with E-state index in [9.17, 15) is 9.59 Å². The molecule has 2 heterocycles. The quantitative estimate of drug-likeness (QED) is 0.209. The minimum absolute atomic E-state index is 0.280. The van der Waals surface area contributed by atoms with E-state index in [0.717, 1.165) is 33.6 Å². The van der Waals surface area contributed by atoms with Gasteiger partial charge in [-0.1, -0.05) is 90.5 Å². The fraction of sp³-hybridized carbons (Fsp3) is 0.0606. The fourth-order valence-corrected chi connectivity index (χ4v) is 5.07. The summed E-state index contributed by atoms with van der Waals surface area (Å²) >= 11 is 1.31. The number of aryl methyl sites for hydroxylation is 1. The lowest BCUT2D eigenvalue weighted by molar-refractivity contribution is -0.119. The number of thiazole rings is 1. The molecular weight excluding hydrogens is 532 g/mol. The number of carbonyl (C=O) groups is 2. The first-order valence-corrected chi connectivity index (χ1v) is 13.8. The maximum Gasteiger partial charge on any atom is 0.338 e. The lowest BCUT2D eigenvalue weighted by atomic mass is 10.0. The first-order chi connectivity index (χ1) is 20.0. The summed E-state index contributed by atoms with van der Waals surface area (Å²) in [6.07, 6.45) is 0. The number of anilines is 1. The number of esters is 1. The molecule has 41 heavy (non-hydrogen) atoms. The van der Waals surface area contributed by atoms with Gasteiger partial charge in [-0.15, -0.1) is 11.3 Å². The molecule has 0 unspecified atom stereocenters. The number of benzene rings is 4. The molecule has 6 aromatic rings. The SMILES string of the molecule is Cc1ccc(-c2csc(NC(=O)COC(=O)c3ccc4nc(-c5ccccc5)c(-c5ccccc5)nc4c3)n2)cc1. The van der Waals surface area contributed by atoms with Crippen molar-refractivity contribution in [2.75, 3.05) is 11.9 Å². The Labute approximate surface area is 240 Å². The van der Waals surface area contributed by atoms with Gasteiger partial charge in [-0.3, -0.25) is 10.1 Å². The summed E-state index contributed by atoms with van der Waals surface area (Å²) in [5.74, 6) is -1.10. The maximum atomic E-state index is 12.8. The van der Waals surface area contributed by atoms with Crippen molar-refractivity contribution >= 4 is 39.4 Å². The number of rotatable bonds is 7. The normalized spacial score (nSPS) is 10.9. The number of amides is 1. The molecular formula is C33H24N4O3S. The van der Waals surface area contributed by atoms with Gasteiger partial charge in [-0.2, -0.15) is 0 Å². The number of ether oxygens (including phenoxy) is 1. The first-order valence-electron chi connectivity index (χ1n) is 13.0. The molecule has 0 fully saturated rings. The molecule has 0 aliphatic heterocycles. The Kier molecular flexibility index (Phi) is 7.30. The van der Waals surface area contributed by atoms with Crippen molar-refractivity contribution in [1.82, 2.24) is 15.0 Å². The van der Waals surface area contributed by atoms with Gasteiger partial charge in [-0.05, 0) is 25.1 Å². The molecule has 1 N–H and O–H groups in total. The van der Waals surface area contributed by atoms with E-state index in [2.05, 4.69) is 10.3 Å². The van der Waals surface area contributed by atoms with E-state index in [1.807, 2.05) is 97.2 Å². The summed E-state index contributed by atoms with van der Waals surface area (Å²) in [5.41, 5.74) is 7.69. The minimum Gasteiger partial charge on any atom is -0.452 e. The molecule has 0 atom stereocenters. The van der Waals surface area contributed by atoms with Gasteiger partial charge in [0.25, 0.3) is 5.91 Å². The largest absolute Gasteiger partial charge is 0.452 e. The number of hydrogen-bond acceptors (Lipinski definition) is 7. The molecule has 7 nitrogen and oxygen atoms in total. The average molecular weight is 557 g/mol. The van der Waals surface area contributed by atoms with E-state index in [1.54, 1.807) is 18.2 Å². The molecule has 0 radical (unpaired) electrons. The number of aromatic nitrogens is 3. The van der Waals surface area contributed by atoms with Crippen molar-refractivity contribution < 1.29 is 14.3 Å². The van der Waals surface area contributed by atoms with E-state index >= 15 is 0 Å². The molecule has 0 bridgehead atoms. The third kappa shape index (κ3) is 5.88. The third-order valence-corrected chi connectivity index (χ3v) is 7.18. The van der Waals surface area contributed by atoms with Gasteiger partial charge in [0.1, 0.15) is 0 Å². The van der Waals surface area contributed by atoms with E-state index < -0.39 is 18.5 Å². The molecule has 1 amide bonds. The zero-order valence-corrected chi connectivity index (χ0v) is 22.9. The zero-order chi connectivity index (χ0) is 28.2. The summed E-state index contributed by atoms with van der Waals surface area (Å²) in [5, 5.41) is 5.00. The van der Waals surface area contributed by atoms with Gasteiger partial charge < -0.3 is 4.74 Å². The molecule has 4 aromatic carbocycles. The van der Waals surface area contributed by atoms with Gasteiger partial charge >= 0.3 is 5.97 Å². The number of carbonyl (C=O) groups excluding carboxylic acids is 2. The second-order valence-corrected chi connectivity index (χ2v) is 10.2. The van der Waals surface area contributed by atoms with Crippen molar-refractivity contribution in [2.45, 2.75) is 6.92 Å². The predicted molar refractivity (Wildman–Crippen MR) is 162 cm³/mol. The highest BCUT2D eigenvalue weighted by Crippen LogP contribution is 2.31. The van der Waals surface area contributed by atoms with Gasteiger partial charge in [0.15, 0.2) is 11.7 Å².